The van der Waals surface area contributed by atoms with E-state index in [0.29, 0.717) is 11.6 Å². The third kappa shape index (κ3) is 3.69. The summed E-state index contributed by atoms with van der Waals surface area (Å²) < 4.78 is 86.4. The molecule has 2 heterocycles. The highest BCUT2D eigenvalue weighted by molar-refractivity contribution is 5.94. The van der Waals surface area contributed by atoms with E-state index < -0.39 is 41.4 Å². The summed E-state index contributed by atoms with van der Waals surface area (Å²) in [5.41, 5.74) is -2.00. The SMILES string of the molecule is O=c1cc(C(F)(F)F)c2c3c(ccc2[nH]1)N(CC(F)(F)F)[C@H](c1ccccc1)CO3. The van der Waals surface area contributed by atoms with E-state index in [4.69, 9.17) is 4.74 Å². The maximum absolute atomic E-state index is 13.6. The van der Waals surface area contributed by atoms with Gasteiger partial charge in [0.2, 0.25) is 5.56 Å². The summed E-state index contributed by atoms with van der Waals surface area (Å²) in [7, 11) is 0. The minimum atomic E-state index is -4.89. The number of alkyl halides is 6. The van der Waals surface area contributed by atoms with Gasteiger partial charge in [0.25, 0.3) is 0 Å². The molecule has 3 aromatic rings. The first-order valence-electron chi connectivity index (χ1n) is 8.83. The molecule has 0 amide bonds. The van der Waals surface area contributed by atoms with Gasteiger partial charge in [-0.15, -0.1) is 0 Å². The average Bonchev–Trinajstić information content (AvgIpc) is 2.66. The van der Waals surface area contributed by atoms with Crippen LogP contribution >= 0.6 is 0 Å². The number of fused-ring (bicyclic) bond motifs is 3. The van der Waals surface area contributed by atoms with Crippen molar-refractivity contribution in [3.05, 3.63) is 70.0 Å². The first-order valence-corrected chi connectivity index (χ1v) is 8.83. The van der Waals surface area contributed by atoms with Gasteiger partial charge in [0, 0.05) is 6.07 Å². The molecule has 10 heteroatoms. The number of benzene rings is 2. The molecule has 2 aromatic carbocycles. The molecule has 4 rings (SSSR count). The van der Waals surface area contributed by atoms with E-state index in [1.165, 1.54) is 6.07 Å². The lowest BCUT2D eigenvalue weighted by Crippen LogP contribution is -2.42. The second-order valence-corrected chi connectivity index (χ2v) is 6.86. The van der Waals surface area contributed by atoms with Crippen LogP contribution in [0.1, 0.15) is 17.2 Å². The number of halogens is 6. The van der Waals surface area contributed by atoms with E-state index >= 15 is 0 Å². The predicted octanol–water partition coefficient (Wildman–Crippen LogP) is 5.05. The van der Waals surface area contributed by atoms with Gasteiger partial charge in [0.1, 0.15) is 13.2 Å². The molecule has 0 radical (unpaired) electrons. The zero-order valence-electron chi connectivity index (χ0n) is 15.1. The van der Waals surface area contributed by atoms with Crippen LogP contribution in [-0.2, 0) is 6.18 Å². The zero-order chi connectivity index (χ0) is 21.7. The first kappa shape index (κ1) is 20.1. The highest BCUT2D eigenvalue weighted by atomic mass is 19.4. The number of pyridine rings is 1. The van der Waals surface area contributed by atoms with Gasteiger partial charge in [-0.25, -0.2) is 0 Å². The maximum atomic E-state index is 13.6. The third-order valence-corrected chi connectivity index (χ3v) is 4.85. The van der Waals surface area contributed by atoms with E-state index in [9.17, 15) is 31.1 Å². The van der Waals surface area contributed by atoms with Crippen molar-refractivity contribution >= 4 is 16.6 Å². The number of H-pyrrole nitrogens is 1. The largest absolute Gasteiger partial charge is 0.488 e. The van der Waals surface area contributed by atoms with Crippen LogP contribution in [0.15, 0.2) is 53.3 Å². The highest BCUT2D eigenvalue weighted by Gasteiger charge is 2.41. The molecule has 0 unspecified atom stereocenters. The predicted molar refractivity (Wildman–Crippen MR) is 97.6 cm³/mol. The Labute approximate surface area is 165 Å². The lowest BCUT2D eigenvalue weighted by Gasteiger charge is -2.39. The fraction of sp³-hybridized carbons (Fsp3) is 0.250. The van der Waals surface area contributed by atoms with Gasteiger partial charge in [0.15, 0.2) is 5.75 Å². The fourth-order valence-corrected chi connectivity index (χ4v) is 3.67. The number of ether oxygens (including phenoxy) is 1. The Morgan fingerprint density at radius 1 is 1.03 bits per heavy atom. The van der Waals surface area contributed by atoms with Gasteiger partial charge >= 0.3 is 12.4 Å². The molecule has 0 spiro atoms. The summed E-state index contributed by atoms with van der Waals surface area (Å²) >= 11 is 0. The van der Waals surface area contributed by atoms with Crippen LogP contribution < -0.4 is 15.2 Å². The monoisotopic (exact) mass is 428 g/mol. The number of anilines is 1. The maximum Gasteiger partial charge on any atom is 0.417 e. The topological polar surface area (TPSA) is 45.3 Å². The van der Waals surface area contributed by atoms with Gasteiger partial charge in [-0.2, -0.15) is 26.3 Å². The molecule has 0 saturated heterocycles. The van der Waals surface area contributed by atoms with E-state index in [1.54, 1.807) is 30.3 Å². The molecule has 30 heavy (non-hydrogen) atoms. The molecule has 1 aliphatic rings. The van der Waals surface area contributed by atoms with Crippen LogP contribution in [0.25, 0.3) is 10.9 Å². The Kier molecular flexibility index (Phi) is 4.67. The third-order valence-electron chi connectivity index (χ3n) is 4.85. The number of aromatic amines is 1. The zero-order valence-corrected chi connectivity index (χ0v) is 15.1. The van der Waals surface area contributed by atoms with E-state index in [-0.39, 0.29) is 23.6 Å². The van der Waals surface area contributed by atoms with Crippen molar-refractivity contribution < 1.29 is 31.1 Å². The fourth-order valence-electron chi connectivity index (χ4n) is 3.67. The average molecular weight is 428 g/mol. The van der Waals surface area contributed by atoms with Gasteiger partial charge in [-0.3, -0.25) is 4.79 Å². The Morgan fingerprint density at radius 3 is 2.37 bits per heavy atom. The van der Waals surface area contributed by atoms with Crippen LogP contribution in [-0.4, -0.2) is 24.3 Å². The van der Waals surface area contributed by atoms with E-state index in [2.05, 4.69) is 4.98 Å². The van der Waals surface area contributed by atoms with Crippen molar-refractivity contribution in [3.63, 3.8) is 0 Å². The minimum absolute atomic E-state index is 0.127. The second kappa shape index (κ2) is 6.96. The number of hydrogen-bond acceptors (Lipinski definition) is 3. The van der Waals surface area contributed by atoms with Crippen LogP contribution in [0, 0.1) is 0 Å². The Balaban J connectivity index is 1.96. The summed E-state index contributed by atoms with van der Waals surface area (Å²) in [6.45, 7) is -1.66. The molecule has 0 bridgehead atoms. The molecule has 0 fully saturated rings. The number of aromatic nitrogens is 1. The summed E-state index contributed by atoms with van der Waals surface area (Å²) in [5.74, 6) is -0.340. The number of rotatable bonds is 2. The van der Waals surface area contributed by atoms with Crippen LogP contribution in [0.2, 0.25) is 0 Å². The molecule has 4 nitrogen and oxygen atoms in total. The van der Waals surface area contributed by atoms with Gasteiger partial charge in [0.05, 0.1) is 28.2 Å². The van der Waals surface area contributed by atoms with Crippen LogP contribution in [0.5, 0.6) is 5.75 Å². The summed E-state index contributed by atoms with van der Waals surface area (Å²) in [6, 6.07) is 10.2. The van der Waals surface area contributed by atoms with Crippen molar-refractivity contribution in [2.75, 3.05) is 18.1 Å². The lowest BCUT2D eigenvalue weighted by atomic mass is 10.00. The van der Waals surface area contributed by atoms with E-state index in [0.717, 1.165) is 11.0 Å². The van der Waals surface area contributed by atoms with Crippen molar-refractivity contribution in [1.29, 1.82) is 0 Å². The first-order chi connectivity index (χ1) is 14.0. The van der Waals surface area contributed by atoms with E-state index in [1.807, 2.05) is 0 Å². The molecule has 1 atom stereocenters. The molecule has 1 aromatic heterocycles. The molecule has 1 N–H and O–H groups in total. The minimum Gasteiger partial charge on any atom is -0.488 e. The molecule has 0 aliphatic carbocycles. The van der Waals surface area contributed by atoms with Crippen molar-refractivity contribution in [3.8, 4) is 5.75 Å². The molecule has 0 saturated carbocycles. The smallest absolute Gasteiger partial charge is 0.417 e. The van der Waals surface area contributed by atoms with Crippen molar-refractivity contribution in [1.82, 2.24) is 4.98 Å². The second-order valence-electron chi connectivity index (χ2n) is 6.86. The van der Waals surface area contributed by atoms with Crippen LogP contribution in [0.4, 0.5) is 32.0 Å². The van der Waals surface area contributed by atoms with Crippen LogP contribution in [0.3, 0.4) is 0 Å². The summed E-state index contributed by atoms with van der Waals surface area (Å²) in [5, 5.41) is -0.474. The molecular weight excluding hydrogens is 414 g/mol. The summed E-state index contributed by atoms with van der Waals surface area (Å²) in [4.78, 5) is 14.9. The number of nitrogens with one attached hydrogen (secondary N) is 1. The summed E-state index contributed by atoms with van der Waals surface area (Å²) in [6.07, 6.45) is -9.50. The quantitative estimate of drug-likeness (QED) is 0.581. The van der Waals surface area contributed by atoms with Crippen molar-refractivity contribution in [2.24, 2.45) is 0 Å². The highest BCUT2D eigenvalue weighted by Crippen LogP contribution is 2.47. The lowest BCUT2D eigenvalue weighted by molar-refractivity contribution is -0.136. The Morgan fingerprint density at radius 2 is 1.73 bits per heavy atom. The van der Waals surface area contributed by atoms with Crippen molar-refractivity contribution in [2.45, 2.75) is 18.4 Å². The molecule has 158 valence electrons. The van der Waals surface area contributed by atoms with Gasteiger partial charge in [-0.05, 0) is 17.7 Å². The molecule has 1 aliphatic heterocycles. The standard InChI is InChI=1S/C20H14F6N2O2/c21-19(22,23)10-28-14-7-6-13-17(12(20(24,25)26)8-16(29)27-13)18(14)30-9-15(28)11-4-2-1-3-5-11/h1-8,15H,9-10H2,(H,27,29)/t15-/m0/s1. The normalized spacial score (nSPS) is 17.0. The Hall–Kier alpha value is -3.17. The number of nitrogens with zero attached hydrogens (tertiary/aromatic N) is 1. The molecular formula is C20H14F6N2O2. The van der Waals surface area contributed by atoms with Gasteiger partial charge < -0.3 is 14.6 Å². The van der Waals surface area contributed by atoms with Gasteiger partial charge in [-0.1, -0.05) is 30.3 Å². The Bertz CT molecular complexity index is 1140. The number of hydrogen-bond donors (Lipinski definition) is 1.